The number of hydrogen-bond acceptors (Lipinski definition) is 9. The van der Waals surface area contributed by atoms with Crippen molar-refractivity contribution < 1.29 is 27.5 Å². The van der Waals surface area contributed by atoms with Gasteiger partial charge in [-0.1, -0.05) is 72.8 Å². The first-order valence-electron chi connectivity index (χ1n) is 14.0. The Balaban J connectivity index is 1.07. The van der Waals surface area contributed by atoms with Crippen LogP contribution in [-0.4, -0.2) is 58.4 Å². The number of rotatable bonds is 8. The molecule has 4 amide bonds. The number of carbonyl (C=O) groups is 3. The van der Waals surface area contributed by atoms with E-state index in [1.807, 2.05) is 60.7 Å². The SMILES string of the molecule is O=C(Nc1ccn(CC(=O)N2CCN(S(=O)(=O)c3nc4ccccc4s3)C(=O)N2)c(=O)c1)OC(c1ccccc1)c1ccccc1. The number of carbonyl (C=O) groups excluding carboxylic acids is 3. The van der Waals surface area contributed by atoms with Gasteiger partial charge in [-0.05, 0) is 29.3 Å². The molecule has 5 aromatic rings. The van der Waals surface area contributed by atoms with Crippen LogP contribution in [0.1, 0.15) is 17.2 Å². The van der Waals surface area contributed by atoms with Crippen molar-refractivity contribution in [2.75, 3.05) is 18.4 Å². The van der Waals surface area contributed by atoms with Gasteiger partial charge in [-0.3, -0.25) is 14.9 Å². The van der Waals surface area contributed by atoms with Crippen LogP contribution in [0.2, 0.25) is 0 Å². The molecule has 234 valence electrons. The van der Waals surface area contributed by atoms with Gasteiger partial charge in [0.25, 0.3) is 21.5 Å². The van der Waals surface area contributed by atoms with Gasteiger partial charge in [0, 0.05) is 12.3 Å². The predicted octanol–water partition coefficient (Wildman–Crippen LogP) is 3.95. The third-order valence-electron chi connectivity index (χ3n) is 7.05. The Bertz CT molecular complexity index is 2010. The summed E-state index contributed by atoms with van der Waals surface area (Å²) in [5.41, 5.74) is 3.85. The number of aromatic nitrogens is 2. The highest BCUT2D eigenvalue weighted by molar-refractivity contribution is 7.91. The number of urea groups is 1. The topological polar surface area (TPSA) is 160 Å². The number of anilines is 1. The third kappa shape index (κ3) is 6.45. The monoisotopic (exact) mass is 658 g/mol. The number of sulfonamides is 1. The minimum absolute atomic E-state index is 0.153. The lowest BCUT2D eigenvalue weighted by atomic mass is 10.0. The van der Waals surface area contributed by atoms with Gasteiger partial charge in [-0.15, -0.1) is 11.3 Å². The van der Waals surface area contributed by atoms with Gasteiger partial charge in [0.05, 0.1) is 29.0 Å². The number of pyridine rings is 1. The van der Waals surface area contributed by atoms with E-state index in [0.29, 0.717) is 14.5 Å². The molecule has 0 radical (unpaired) electrons. The molecule has 3 aromatic carbocycles. The summed E-state index contributed by atoms with van der Waals surface area (Å²) < 4.78 is 34.1. The van der Waals surface area contributed by atoms with Crippen LogP contribution in [0.4, 0.5) is 15.3 Å². The summed E-state index contributed by atoms with van der Waals surface area (Å²) in [5, 5.41) is 3.50. The van der Waals surface area contributed by atoms with E-state index in [1.165, 1.54) is 12.3 Å². The molecule has 0 atom stereocenters. The number of hydrogen-bond donors (Lipinski definition) is 2. The summed E-state index contributed by atoms with van der Waals surface area (Å²) in [5.74, 6) is -0.652. The van der Waals surface area contributed by atoms with E-state index in [1.54, 1.807) is 24.3 Å². The van der Waals surface area contributed by atoms with Gasteiger partial charge in [-0.2, -0.15) is 8.42 Å². The molecule has 46 heavy (non-hydrogen) atoms. The summed E-state index contributed by atoms with van der Waals surface area (Å²) in [6.07, 6.45) is -0.156. The van der Waals surface area contributed by atoms with Gasteiger partial charge in [0.1, 0.15) is 6.54 Å². The summed E-state index contributed by atoms with van der Waals surface area (Å²) in [6.45, 7) is -0.903. The Labute approximate surface area is 266 Å². The number of para-hydroxylation sites is 1. The lowest BCUT2D eigenvalue weighted by Crippen LogP contribution is -2.61. The smallest absolute Gasteiger partial charge is 0.412 e. The summed E-state index contributed by atoms with van der Waals surface area (Å²) >= 11 is 0.942. The van der Waals surface area contributed by atoms with Gasteiger partial charge in [0.15, 0.2) is 6.10 Å². The Morgan fingerprint density at radius 1 is 0.913 bits per heavy atom. The highest BCUT2D eigenvalue weighted by atomic mass is 32.2. The van der Waals surface area contributed by atoms with Crippen molar-refractivity contribution in [3.63, 3.8) is 0 Å². The maximum atomic E-state index is 13.1. The highest BCUT2D eigenvalue weighted by Gasteiger charge is 2.37. The van der Waals surface area contributed by atoms with Crippen molar-refractivity contribution in [1.29, 1.82) is 0 Å². The van der Waals surface area contributed by atoms with E-state index in [-0.39, 0.29) is 23.1 Å². The van der Waals surface area contributed by atoms with Crippen LogP contribution >= 0.6 is 11.3 Å². The Kier molecular flexibility index (Phi) is 8.50. The number of ether oxygens (including phenoxy) is 1. The maximum Gasteiger partial charge on any atom is 0.412 e. The number of benzene rings is 3. The largest absolute Gasteiger partial charge is 0.436 e. The zero-order valence-electron chi connectivity index (χ0n) is 24.0. The molecule has 0 spiro atoms. The molecule has 1 aliphatic rings. The first-order chi connectivity index (χ1) is 22.2. The van der Waals surface area contributed by atoms with E-state index in [2.05, 4.69) is 15.7 Å². The van der Waals surface area contributed by atoms with Crippen molar-refractivity contribution in [2.24, 2.45) is 0 Å². The van der Waals surface area contributed by atoms with Crippen LogP contribution in [-0.2, 0) is 26.1 Å². The number of fused-ring (bicyclic) bond motifs is 1. The predicted molar refractivity (Wildman–Crippen MR) is 169 cm³/mol. The van der Waals surface area contributed by atoms with E-state index in [0.717, 1.165) is 38.1 Å². The Morgan fingerprint density at radius 3 is 2.20 bits per heavy atom. The molecule has 1 fully saturated rings. The third-order valence-corrected chi connectivity index (χ3v) is 10.2. The van der Waals surface area contributed by atoms with E-state index < -0.39 is 46.3 Å². The molecule has 6 rings (SSSR count). The highest BCUT2D eigenvalue weighted by Crippen LogP contribution is 2.28. The average molecular weight is 659 g/mol. The van der Waals surface area contributed by atoms with Crippen molar-refractivity contribution in [2.45, 2.75) is 17.0 Å². The van der Waals surface area contributed by atoms with Crippen molar-refractivity contribution in [3.8, 4) is 0 Å². The first kappa shape index (κ1) is 30.5. The van der Waals surface area contributed by atoms with Crippen LogP contribution in [0, 0.1) is 0 Å². The van der Waals surface area contributed by atoms with Crippen LogP contribution in [0.3, 0.4) is 0 Å². The van der Waals surface area contributed by atoms with Crippen LogP contribution in [0.25, 0.3) is 10.2 Å². The van der Waals surface area contributed by atoms with Crippen LogP contribution in [0.15, 0.2) is 112 Å². The zero-order valence-corrected chi connectivity index (χ0v) is 25.6. The van der Waals surface area contributed by atoms with E-state index in [4.69, 9.17) is 4.74 Å². The van der Waals surface area contributed by atoms with Crippen LogP contribution < -0.4 is 16.3 Å². The molecule has 2 N–H and O–H groups in total. The molecule has 1 aliphatic heterocycles. The van der Waals surface area contributed by atoms with Crippen molar-refractivity contribution >= 4 is 55.3 Å². The van der Waals surface area contributed by atoms with Crippen molar-refractivity contribution in [3.05, 3.63) is 125 Å². The van der Waals surface area contributed by atoms with Crippen LogP contribution in [0.5, 0.6) is 0 Å². The number of nitrogens with one attached hydrogen (secondary N) is 2. The fraction of sp³-hybridized carbons (Fsp3) is 0.129. The normalized spacial score (nSPS) is 13.5. The number of thiazole rings is 1. The quantitative estimate of drug-likeness (QED) is 0.254. The van der Waals surface area contributed by atoms with E-state index in [9.17, 15) is 27.6 Å². The van der Waals surface area contributed by atoms with Gasteiger partial charge in [-0.25, -0.2) is 29.3 Å². The minimum atomic E-state index is -4.25. The molecule has 0 bridgehead atoms. The first-order valence-corrected chi connectivity index (χ1v) is 16.2. The fourth-order valence-corrected chi connectivity index (χ4v) is 7.42. The second-order valence-electron chi connectivity index (χ2n) is 10.1. The number of nitrogens with zero attached hydrogens (tertiary/aromatic N) is 4. The average Bonchev–Trinajstić information content (AvgIpc) is 3.51. The summed E-state index contributed by atoms with van der Waals surface area (Å²) in [6, 6.07) is 26.9. The Hall–Kier alpha value is -5.54. The second kappa shape index (κ2) is 12.8. The summed E-state index contributed by atoms with van der Waals surface area (Å²) in [4.78, 5) is 55.5. The maximum absolute atomic E-state index is 13.1. The standard InChI is InChI=1S/C31H26N6O7S2/c38-26-19-23(32-30(41)44-28(21-9-3-1-4-10-21)22-11-5-2-6-12-22)15-16-35(26)20-27(39)36-17-18-37(29(40)34-36)46(42,43)31-33-24-13-7-8-14-25(24)45-31/h1-16,19,28H,17-18,20H2,(H,32,41)(H,34,40). The lowest BCUT2D eigenvalue weighted by Gasteiger charge is -2.33. The molecule has 15 heteroatoms. The molecular formula is C31H26N6O7S2. The number of hydrazine groups is 1. The van der Waals surface area contributed by atoms with Gasteiger partial charge in [0.2, 0.25) is 4.34 Å². The fourth-order valence-electron chi connectivity index (χ4n) is 4.78. The lowest BCUT2D eigenvalue weighted by molar-refractivity contribution is -0.135. The molecule has 13 nitrogen and oxygen atoms in total. The molecule has 0 saturated carbocycles. The van der Waals surface area contributed by atoms with Gasteiger partial charge >= 0.3 is 12.1 Å². The summed E-state index contributed by atoms with van der Waals surface area (Å²) in [7, 11) is -4.25. The molecule has 0 unspecified atom stereocenters. The number of amides is 4. The molecule has 3 heterocycles. The molecule has 2 aromatic heterocycles. The molecular weight excluding hydrogens is 633 g/mol. The Morgan fingerprint density at radius 2 is 1.57 bits per heavy atom. The van der Waals surface area contributed by atoms with E-state index >= 15 is 0 Å². The molecule has 1 saturated heterocycles. The zero-order chi connectivity index (χ0) is 32.3. The minimum Gasteiger partial charge on any atom is -0.436 e. The van der Waals surface area contributed by atoms with Crippen molar-refractivity contribution in [1.82, 2.24) is 24.3 Å². The molecule has 0 aliphatic carbocycles. The second-order valence-corrected chi connectivity index (χ2v) is 13.2. The van der Waals surface area contributed by atoms with Gasteiger partial charge < -0.3 is 9.30 Å².